The minimum atomic E-state index is -0.398. The van der Waals surface area contributed by atoms with Gasteiger partial charge in [0.25, 0.3) is 0 Å². The van der Waals surface area contributed by atoms with Crippen molar-refractivity contribution in [2.45, 2.75) is 6.92 Å². The second-order valence-corrected chi connectivity index (χ2v) is 5.30. The summed E-state index contributed by atoms with van der Waals surface area (Å²) in [5.74, 6) is 0.281. The Morgan fingerprint density at radius 2 is 2.15 bits per heavy atom. The maximum Gasteiger partial charge on any atom is 0.350 e. The number of benzene rings is 1. The number of hydrogen-bond acceptors (Lipinski definition) is 6. The van der Waals surface area contributed by atoms with Crippen LogP contribution in [0.3, 0.4) is 0 Å². The summed E-state index contributed by atoms with van der Waals surface area (Å²) in [7, 11) is 2.92. The molecule has 1 N–H and O–H groups in total. The molecule has 0 aliphatic rings. The molecule has 20 heavy (non-hydrogen) atoms. The van der Waals surface area contributed by atoms with E-state index in [-0.39, 0.29) is 0 Å². The van der Waals surface area contributed by atoms with Gasteiger partial charge in [0.15, 0.2) is 5.13 Å². The molecular weight excluding hydrogens is 300 g/mol. The van der Waals surface area contributed by atoms with Crippen LogP contribution in [-0.4, -0.2) is 25.2 Å². The lowest BCUT2D eigenvalue weighted by molar-refractivity contribution is 0.0605. The highest BCUT2D eigenvalue weighted by Crippen LogP contribution is 2.32. The third-order valence-corrected chi connectivity index (χ3v) is 3.97. The molecule has 106 valence electrons. The maximum atomic E-state index is 11.5. The van der Waals surface area contributed by atoms with Gasteiger partial charge in [-0.2, -0.15) is 0 Å². The Morgan fingerprint density at radius 1 is 1.40 bits per heavy atom. The number of halogens is 1. The second-order valence-electron chi connectivity index (χ2n) is 3.90. The first-order valence-electron chi connectivity index (χ1n) is 5.71. The molecule has 0 unspecified atom stereocenters. The van der Waals surface area contributed by atoms with Crippen LogP contribution >= 0.6 is 22.9 Å². The number of thiazole rings is 1. The van der Waals surface area contributed by atoms with Crippen molar-refractivity contribution in [1.82, 2.24) is 4.98 Å². The Morgan fingerprint density at radius 3 is 2.80 bits per heavy atom. The Bertz CT molecular complexity index is 643. The van der Waals surface area contributed by atoms with Gasteiger partial charge in [-0.05, 0) is 19.1 Å². The summed E-state index contributed by atoms with van der Waals surface area (Å²) in [5.41, 5.74) is 1.28. The van der Waals surface area contributed by atoms with Gasteiger partial charge in [0.05, 0.1) is 30.6 Å². The number of hydrogen-bond donors (Lipinski definition) is 1. The fourth-order valence-electron chi connectivity index (χ4n) is 1.57. The number of aromatic nitrogens is 1. The highest BCUT2D eigenvalue weighted by Gasteiger charge is 2.16. The normalized spacial score (nSPS) is 10.2. The van der Waals surface area contributed by atoms with Crippen LogP contribution < -0.4 is 10.1 Å². The van der Waals surface area contributed by atoms with Crippen LogP contribution in [0.1, 0.15) is 15.4 Å². The van der Waals surface area contributed by atoms with Crippen molar-refractivity contribution in [3.8, 4) is 5.75 Å². The summed E-state index contributed by atoms with van der Waals surface area (Å²) in [4.78, 5) is 16.3. The summed E-state index contributed by atoms with van der Waals surface area (Å²) in [6.45, 7) is 1.75. The molecule has 7 heteroatoms. The Kier molecular flexibility index (Phi) is 4.46. The van der Waals surface area contributed by atoms with Gasteiger partial charge in [-0.15, -0.1) is 0 Å². The van der Waals surface area contributed by atoms with Crippen LogP contribution in [0.25, 0.3) is 0 Å². The lowest BCUT2D eigenvalue weighted by Crippen LogP contribution is -1.99. The average Bonchev–Trinajstić information content (AvgIpc) is 2.81. The first-order chi connectivity index (χ1) is 9.55. The van der Waals surface area contributed by atoms with E-state index in [1.165, 1.54) is 18.4 Å². The standard InChI is InChI=1S/C13H13ClN2O3S/c1-7-11(12(17)19-3)20-13(15-7)16-10-6-8(18-2)4-5-9(10)14/h4-6H,1-3H3,(H,15,16). The predicted octanol–water partition coefficient (Wildman–Crippen LogP) is 3.64. The molecule has 2 rings (SSSR count). The third-order valence-electron chi connectivity index (χ3n) is 2.58. The first-order valence-corrected chi connectivity index (χ1v) is 6.91. The van der Waals surface area contributed by atoms with Crippen LogP contribution in [-0.2, 0) is 4.74 Å². The lowest BCUT2D eigenvalue weighted by atomic mass is 10.3. The number of nitrogens with one attached hydrogen (secondary N) is 1. The maximum absolute atomic E-state index is 11.5. The quantitative estimate of drug-likeness (QED) is 0.873. The molecule has 0 saturated heterocycles. The summed E-state index contributed by atoms with van der Waals surface area (Å²) < 4.78 is 9.84. The van der Waals surface area contributed by atoms with Crippen molar-refractivity contribution < 1.29 is 14.3 Å². The second kappa shape index (κ2) is 6.11. The first kappa shape index (κ1) is 14.6. The van der Waals surface area contributed by atoms with Crippen molar-refractivity contribution in [3.63, 3.8) is 0 Å². The van der Waals surface area contributed by atoms with Crippen LogP contribution in [0.5, 0.6) is 5.75 Å². The number of carbonyl (C=O) groups excluding carboxylic acids is 1. The largest absolute Gasteiger partial charge is 0.497 e. The minimum Gasteiger partial charge on any atom is -0.497 e. The smallest absolute Gasteiger partial charge is 0.350 e. The molecule has 0 spiro atoms. The number of carbonyl (C=O) groups is 1. The van der Waals surface area contributed by atoms with Gasteiger partial charge in [-0.1, -0.05) is 22.9 Å². The van der Waals surface area contributed by atoms with Gasteiger partial charge >= 0.3 is 5.97 Å². The highest BCUT2D eigenvalue weighted by molar-refractivity contribution is 7.17. The van der Waals surface area contributed by atoms with E-state index >= 15 is 0 Å². The van der Waals surface area contributed by atoms with E-state index in [0.29, 0.717) is 32.2 Å². The van der Waals surface area contributed by atoms with Crippen molar-refractivity contribution >= 4 is 39.7 Å². The molecule has 1 aromatic carbocycles. The number of rotatable bonds is 4. The van der Waals surface area contributed by atoms with Gasteiger partial charge in [0.2, 0.25) is 0 Å². The van der Waals surface area contributed by atoms with Crippen LogP contribution in [0.15, 0.2) is 18.2 Å². The zero-order valence-corrected chi connectivity index (χ0v) is 12.8. The van der Waals surface area contributed by atoms with E-state index in [2.05, 4.69) is 10.3 Å². The fourth-order valence-corrected chi connectivity index (χ4v) is 2.64. The van der Waals surface area contributed by atoms with E-state index in [1.54, 1.807) is 32.2 Å². The number of nitrogens with zero attached hydrogens (tertiary/aromatic N) is 1. The molecule has 0 aliphatic carbocycles. The van der Waals surface area contributed by atoms with Crippen LogP contribution in [0.4, 0.5) is 10.8 Å². The third kappa shape index (κ3) is 3.02. The van der Waals surface area contributed by atoms with Crippen molar-refractivity contribution in [2.24, 2.45) is 0 Å². The van der Waals surface area contributed by atoms with Crippen molar-refractivity contribution in [2.75, 3.05) is 19.5 Å². The monoisotopic (exact) mass is 312 g/mol. The summed E-state index contributed by atoms with van der Waals surface area (Å²) >= 11 is 7.32. The minimum absolute atomic E-state index is 0.398. The molecule has 5 nitrogen and oxygen atoms in total. The van der Waals surface area contributed by atoms with E-state index < -0.39 is 5.97 Å². The van der Waals surface area contributed by atoms with E-state index in [4.69, 9.17) is 21.1 Å². The molecule has 0 amide bonds. The Balaban J connectivity index is 2.28. The fraction of sp³-hybridized carbons (Fsp3) is 0.231. The van der Waals surface area contributed by atoms with Gasteiger partial charge in [-0.25, -0.2) is 9.78 Å². The Hall–Kier alpha value is -1.79. The van der Waals surface area contributed by atoms with Crippen LogP contribution in [0, 0.1) is 6.92 Å². The molecule has 0 fully saturated rings. The predicted molar refractivity (Wildman–Crippen MR) is 79.5 cm³/mol. The van der Waals surface area contributed by atoms with E-state index in [1.807, 2.05) is 0 Å². The number of anilines is 2. The highest BCUT2D eigenvalue weighted by atomic mass is 35.5. The van der Waals surface area contributed by atoms with Crippen molar-refractivity contribution in [3.05, 3.63) is 33.8 Å². The Labute approximate surface area is 125 Å². The van der Waals surface area contributed by atoms with Crippen molar-refractivity contribution in [1.29, 1.82) is 0 Å². The lowest BCUT2D eigenvalue weighted by Gasteiger charge is -2.07. The van der Waals surface area contributed by atoms with Gasteiger partial charge < -0.3 is 14.8 Å². The molecule has 2 aromatic rings. The molecule has 0 radical (unpaired) electrons. The number of ether oxygens (including phenoxy) is 2. The summed E-state index contributed by atoms with van der Waals surface area (Å²) in [6.07, 6.45) is 0. The molecule has 0 saturated carbocycles. The zero-order valence-electron chi connectivity index (χ0n) is 11.2. The molecule has 0 atom stereocenters. The van der Waals surface area contributed by atoms with Gasteiger partial charge in [0.1, 0.15) is 10.6 Å². The molecule has 1 aromatic heterocycles. The molecular formula is C13H13ClN2O3S. The van der Waals surface area contributed by atoms with Gasteiger partial charge in [-0.3, -0.25) is 0 Å². The molecule has 0 bridgehead atoms. The topological polar surface area (TPSA) is 60.5 Å². The SMILES string of the molecule is COC(=O)c1sc(Nc2cc(OC)ccc2Cl)nc1C. The number of methoxy groups -OCH3 is 2. The molecule has 1 heterocycles. The van der Waals surface area contributed by atoms with E-state index in [9.17, 15) is 4.79 Å². The number of esters is 1. The number of aryl methyl sites for hydroxylation is 1. The zero-order chi connectivity index (χ0) is 14.7. The average molecular weight is 313 g/mol. The van der Waals surface area contributed by atoms with E-state index in [0.717, 1.165) is 0 Å². The summed E-state index contributed by atoms with van der Waals surface area (Å²) in [5, 5.41) is 4.18. The summed E-state index contributed by atoms with van der Waals surface area (Å²) in [6, 6.07) is 5.25. The molecule has 0 aliphatic heterocycles. The van der Waals surface area contributed by atoms with Gasteiger partial charge in [0, 0.05) is 6.07 Å². The van der Waals surface area contributed by atoms with Crippen LogP contribution in [0.2, 0.25) is 5.02 Å².